The highest BCUT2D eigenvalue weighted by molar-refractivity contribution is 5.70. The Morgan fingerprint density at radius 2 is 1.96 bits per heavy atom. The molecule has 6 nitrogen and oxygen atoms in total. The summed E-state index contributed by atoms with van der Waals surface area (Å²) < 4.78 is 10.5. The van der Waals surface area contributed by atoms with Crippen molar-refractivity contribution in [3.63, 3.8) is 0 Å². The number of phenols is 1. The molecule has 1 fully saturated rings. The first-order valence-corrected chi connectivity index (χ1v) is 9.22. The topological polar surface area (TPSA) is 71.0 Å². The number of aromatic hydroxyl groups is 1. The van der Waals surface area contributed by atoms with Gasteiger partial charge in [-0.2, -0.15) is 0 Å². The Balaban J connectivity index is 1.70. The Bertz CT molecular complexity index is 776. The van der Waals surface area contributed by atoms with Crippen molar-refractivity contribution in [1.82, 2.24) is 4.90 Å². The van der Waals surface area contributed by atoms with Gasteiger partial charge in [-0.1, -0.05) is 25.1 Å². The molecule has 1 unspecified atom stereocenters. The number of ether oxygens (including phenoxy) is 2. The second-order valence-corrected chi connectivity index (χ2v) is 6.69. The number of carbonyl (C=O) groups is 1. The SMILES string of the molecule is CCCNc1cc(CN2C(=O)OCC2Cc2ccc(OC)cc2)ccc1O. The van der Waals surface area contributed by atoms with Crippen LogP contribution < -0.4 is 10.1 Å². The predicted molar refractivity (Wildman–Crippen MR) is 104 cm³/mol. The van der Waals surface area contributed by atoms with Crippen molar-refractivity contribution < 1.29 is 19.4 Å². The molecule has 1 heterocycles. The van der Waals surface area contributed by atoms with Crippen LogP contribution in [0.5, 0.6) is 11.5 Å². The van der Waals surface area contributed by atoms with E-state index >= 15 is 0 Å². The van der Waals surface area contributed by atoms with Crippen LogP contribution in [0.25, 0.3) is 0 Å². The minimum atomic E-state index is -0.301. The van der Waals surface area contributed by atoms with Gasteiger partial charge in [-0.3, -0.25) is 4.90 Å². The lowest BCUT2D eigenvalue weighted by atomic mass is 10.0. The summed E-state index contributed by atoms with van der Waals surface area (Å²) in [5.74, 6) is 1.02. The highest BCUT2D eigenvalue weighted by Crippen LogP contribution is 2.27. The fourth-order valence-corrected chi connectivity index (χ4v) is 3.17. The quantitative estimate of drug-likeness (QED) is 0.692. The molecule has 0 saturated carbocycles. The second-order valence-electron chi connectivity index (χ2n) is 6.69. The van der Waals surface area contributed by atoms with Crippen molar-refractivity contribution in [1.29, 1.82) is 0 Å². The molecule has 2 aromatic carbocycles. The van der Waals surface area contributed by atoms with Gasteiger partial charge < -0.3 is 19.9 Å². The van der Waals surface area contributed by atoms with E-state index in [1.807, 2.05) is 36.4 Å². The maximum atomic E-state index is 12.2. The van der Waals surface area contributed by atoms with Crippen molar-refractivity contribution in [2.24, 2.45) is 0 Å². The molecule has 3 rings (SSSR count). The van der Waals surface area contributed by atoms with Crippen LogP contribution in [-0.4, -0.2) is 42.4 Å². The number of nitrogens with one attached hydrogen (secondary N) is 1. The van der Waals surface area contributed by atoms with E-state index < -0.39 is 0 Å². The van der Waals surface area contributed by atoms with Gasteiger partial charge in [0.1, 0.15) is 18.1 Å². The fraction of sp³-hybridized carbons (Fsp3) is 0.381. The summed E-state index contributed by atoms with van der Waals surface area (Å²) in [5.41, 5.74) is 2.76. The van der Waals surface area contributed by atoms with Gasteiger partial charge in [0.2, 0.25) is 0 Å². The van der Waals surface area contributed by atoms with Crippen LogP contribution in [-0.2, 0) is 17.7 Å². The van der Waals surface area contributed by atoms with Gasteiger partial charge in [0.15, 0.2) is 0 Å². The lowest BCUT2D eigenvalue weighted by molar-refractivity contribution is 0.156. The number of cyclic esters (lactones) is 1. The molecule has 144 valence electrons. The number of benzene rings is 2. The highest BCUT2D eigenvalue weighted by atomic mass is 16.6. The molecule has 1 amide bonds. The van der Waals surface area contributed by atoms with Crippen molar-refractivity contribution in [3.05, 3.63) is 53.6 Å². The van der Waals surface area contributed by atoms with Crippen LogP contribution in [0.15, 0.2) is 42.5 Å². The van der Waals surface area contributed by atoms with Gasteiger partial charge in [-0.05, 0) is 48.2 Å². The number of anilines is 1. The Labute approximate surface area is 159 Å². The second kappa shape index (κ2) is 8.66. The van der Waals surface area contributed by atoms with Crippen molar-refractivity contribution in [2.45, 2.75) is 32.4 Å². The van der Waals surface area contributed by atoms with Crippen LogP contribution in [0.1, 0.15) is 24.5 Å². The highest BCUT2D eigenvalue weighted by Gasteiger charge is 2.33. The van der Waals surface area contributed by atoms with Gasteiger partial charge in [0, 0.05) is 13.1 Å². The summed E-state index contributed by atoms with van der Waals surface area (Å²) in [5, 5.41) is 13.2. The molecular formula is C21H26N2O4. The smallest absolute Gasteiger partial charge is 0.410 e. The number of nitrogens with zero attached hydrogens (tertiary/aromatic N) is 1. The molecule has 2 aromatic rings. The molecule has 2 N–H and O–H groups in total. The number of carbonyl (C=O) groups excluding carboxylic acids is 1. The normalized spacial score (nSPS) is 16.3. The largest absolute Gasteiger partial charge is 0.506 e. The molecule has 1 saturated heterocycles. The maximum Gasteiger partial charge on any atom is 0.410 e. The molecule has 0 aliphatic carbocycles. The summed E-state index contributed by atoms with van der Waals surface area (Å²) in [4.78, 5) is 14.0. The van der Waals surface area contributed by atoms with E-state index in [-0.39, 0.29) is 17.9 Å². The molecule has 1 aliphatic rings. The summed E-state index contributed by atoms with van der Waals surface area (Å²) in [6, 6.07) is 13.2. The molecule has 0 bridgehead atoms. The van der Waals surface area contributed by atoms with E-state index in [0.29, 0.717) is 18.8 Å². The minimum Gasteiger partial charge on any atom is -0.506 e. The lowest BCUT2D eigenvalue weighted by Gasteiger charge is -2.22. The molecule has 0 aromatic heterocycles. The Kier molecular flexibility index (Phi) is 6.06. The van der Waals surface area contributed by atoms with Crippen molar-refractivity contribution in [3.8, 4) is 11.5 Å². The van der Waals surface area contributed by atoms with E-state index in [0.717, 1.165) is 36.3 Å². The molecule has 27 heavy (non-hydrogen) atoms. The molecule has 6 heteroatoms. The molecule has 1 aliphatic heterocycles. The van der Waals surface area contributed by atoms with E-state index in [1.165, 1.54) is 0 Å². The van der Waals surface area contributed by atoms with Gasteiger partial charge in [-0.25, -0.2) is 4.79 Å². The summed E-state index contributed by atoms with van der Waals surface area (Å²) >= 11 is 0. The third-order valence-electron chi connectivity index (χ3n) is 4.68. The number of rotatable bonds is 8. The first-order valence-electron chi connectivity index (χ1n) is 9.22. The zero-order valence-corrected chi connectivity index (χ0v) is 15.8. The first kappa shape index (κ1) is 18.9. The third kappa shape index (κ3) is 4.64. The van der Waals surface area contributed by atoms with Crippen molar-refractivity contribution >= 4 is 11.8 Å². The predicted octanol–water partition coefficient (Wildman–Crippen LogP) is 3.79. The Morgan fingerprint density at radius 3 is 2.67 bits per heavy atom. The molecular weight excluding hydrogens is 344 g/mol. The third-order valence-corrected chi connectivity index (χ3v) is 4.68. The van der Waals surface area contributed by atoms with Crippen molar-refractivity contribution in [2.75, 3.05) is 25.6 Å². The molecule has 0 spiro atoms. The first-order chi connectivity index (χ1) is 13.1. The number of amides is 1. The van der Waals surface area contributed by atoms with E-state index in [9.17, 15) is 9.90 Å². The average molecular weight is 370 g/mol. The zero-order chi connectivity index (χ0) is 19.2. The van der Waals surface area contributed by atoms with Crippen LogP contribution >= 0.6 is 0 Å². The van der Waals surface area contributed by atoms with E-state index in [4.69, 9.17) is 9.47 Å². The van der Waals surface area contributed by atoms with Gasteiger partial charge in [0.05, 0.1) is 18.8 Å². The molecule has 1 atom stereocenters. The van der Waals surface area contributed by atoms with Crippen LogP contribution in [0.4, 0.5) is 10.5 Å². The Morgan fingerprint density at radius 1 is 1.22 bits per heavy atom. The fourth-order valence-electron chi connectivity index (χ4n) is 3.17. The van der Waals surface area contributed by atoms with Gasteiger partial charge in [-0.15, -0.1) is 0 Å². The van der Waals surface area contributed by atoms with E-state index in [1.54, 1.807) is 18.1 Å². The summed E-state index contributed by atoms with van der Waals surface area (Å²) in [7, 11) is 1.64. The number of phenolic OH excluding ortho intramolecular Hbond substituents is 1. The zero-order valence-electron chi connectivity index (χ0n) is 15.8. The standard InChI is InChI=1S/C21H26N2O4/c1-3-10-22-19-12-16(6-9-20(19)24)13-23-17(14-27-21(23)25)11-15-4-7-18(26-2)8-5-15/h4-9,12,17,22,24H,3,10-11,13-14H2,1-2H3. The summed E-state index contributed by atoms with van der Waals surface area (Å²) in [6.07, 6.45) is 1.38. The monoisotopic (exact) mass is 370 g/mol. The maximum absolute atomic E-state index is 12.2. The minimum absolute atomic E-state index is 0.0215. The molecule has 0 radical (unpaired) electrons. The van der Waals surface area contributed by atoms with Crippen LogP contribution in [0.3, 0.4) is 0 Å². The lowest BCUT2D eigenvalue weighted by Crippen LogP contribution is -2.34. The van der Waals surface area contributed by atoms with Gasteiger partial charge in [0.25, 0.3) is 0 Å². The Hall–Kier alpha value is -2.89. The van der Waals surface area contributed by atoms with Gasteiger partial charge >= 0.3 is 6.09 Å². The number of hydrogen-bond acceptors (Lipinski definition) is 5. The summed E-state index contributed by atoms with van der Waals surface area (Å²) in [6.45, 7) is 3.67. The number of hydrogen-bond donors (Lipinski definition) is 2. The average Bonchev–Trinajstić information content (AvgIpc) is 3.02. The number of methoxy groups -OCH3 is 1. The van der Waals surface area contributed by atoms with Crippen LogP contribution in [0, 0.1) is 0 Å². The van der Waals surface area contributed by atoms with Crippen LogP contribution in [0.2, 0.25) is 0 Å². The van der Waals surface area contributed by atoms with E-state index in [2.05, 4.69) is 12.2 Å².